The van der Waals surface area contributed by atoms with Crippen molar-refractivity contribution >= 4 is 17.2 Å². The molecule has 3 aromatic rings. The lowest BCUT2D eigenvalue weighted by Crippen LogP contribution is -2.36. The van der Waals surface area contributed by atoms with Gasteiger partial charge in [-0.05, 0) is 18.4 Å². The van der Waals surface area contributed by atoms with Crippen LogP contribution in [0.1, 0.15) is 22.7 Å². The van der Waals surface area contributed by atoms with E-state index in [0.717, 1.165) is 28.2 Å². The zero-order valence-electron chi connectivity index (χ0n) is 12.7. The summed E-state index contributed by atoms with van der Waals surface area (Å²) in [4.78, 5) is 19.9. The summed E-state index contributed by atoms with van der Waals surface area (Å²) < 4.78 is 5.70. The van der Waals surface area contributed by atoms with E-state index in [0.29, 0.717) is 24.7 Å². The van der Waals surface area contributed by atoms with Gasteiger partial charge in [-0.1, -0.05) is 6.07 Å². The minimum absolute atomic E-state index is 0.0750. The summed E-state index contributed by atoms with van der Waals surface area (Å²) in [6.45, 7) is 3.18. The number of hydrogen-bond acceptors (Lipinski definition) is 5. The van der Waals surface area contributed by atoms with Gasteiger partial charge in [-0.3, -0.25) is 9.89 Å². The van der Waals surface area contributed by atoms with Crippen molar-refractivity contribution in [3.05, 3.63) is 46.4 Å². The molecule has 118 valence electrons. The third kappa shape index (κ3) is 2.68. The van der Waals surface area contributed by atoms with Crippen molar-refractivity contribution < 1.29 is 9.21 Å². The Morgan fingerprint density at radius 1 is 1.52 bits per heavy atom. The Morgan fingerprint density at radius 2 is 2.43 bits per heavy atom. The molecule has 7 heteroatoms. The molecule has 0 aromatic carbocycles. The molecule has 3 aromatic heterocycles. The van der Waals surface area contributed by atoms with Crippen molar-refractivity contribution in [1.82, 2.24) is 20.1 Å². The molecule has 0 saturated carbocycles. The average Bonchev–Trinajstić information content (AvgIpc) is 3.27. The topological polar surface area (TPSA) is 75.0 Å². The van der Waals surface area contributed by atoms with E-state index in [1.807, 2.05) is 29.3 Å². The summed E-state index contributed by atoms with van der Waals surface area (Å²) in [6, 6.07) is 3.92. The minimum atomic E-state index is 0.0750. The van der Waals surface area contributed by atoms with E-state index in [-0.39, 0.29) is 12.3 Å². The molecule has 0 saturated heterocycles. The molecule has 6 nitrogen and oxygen atoms in total. The highest BCUT2D eigenvalue weighted by Crippen LogP contribution is 2.26. The number of nitrogens with one attached hydrogen (secondary N) is 1. The molecule has 4 rings (SSSR count). The van der Waals surface area contributed by atoms with Crippen LogP contribution in [0, 0.1) is 6.92 Å². The molecule has 0 bridgehead atoms. The first-order valence-corrected chi connectivity index (χ1v) is 8.38. The van der Waals surface area contributed by atoms with Crippen LogP contribution >= 0.6 is 11.3 Å². The number of carbonyl (C=O) groups excluding carboxylic acids is 1. The van der Waals surface area contributed by atoms with E-state index >= 15 is 0 Å². The molecule has 0 aliphatic carbocycles. The summed E-state index contributed by atoms with van der Waals surface area (Å²) >= 11 is 1.58. The summed E-state index contributed by atoms with van der Waals surface area (Å²) in [5.41, 5.74) is 2.95. The van der Waals surface area contributed by atoms with Crippen LogP contribution in [0.25, 0.3) is 10.8 Å². The van der Waals surface area contributed by atoms with Gasteiger partial charge in [-0.15, -0.1) is 11.3 Å². The van der Waals surface area contributed by atoms with Crippen LogP contribution in [-0.4, -0.2) is 32.5 Å². The SMILES string of the molecule is Cc1oc(-c2cccs2)nc1CC(=O)N1CCc2[nH]ncc2C1. The molecule has 0 radical (unpaired) electrons. The van der Waals surface area contributed by atoms with Gasteiger partial charge in [0.1, 0.15) is 5.76 Å². The third-order valence-corrected chi connectivity index (χ3v) is 4.95. The highest BCUT2D eigenvalue weighted by molar-refractivity contribution is 7.13. The highest BCUT2D eigenvalue weighted by Gasteiger charge is 2.24. The molecule has 23 heavy (non-hydrogen) atoms. The maximum atomic E-state index is 12.6. The van der Waals surface area contributed by atoms with Gasteiger partial charge in [0.15, 0.2) is 0 Å². The van der Waals surface area contributed by atoms with Gasteiger partial charge in [0.2, 0.25) is 11.8 Å². The van der Waals surface area contributed by atoms with E-state index in [4.69, 9.17) is 4.42 Å². The maximum Gasteiger partial charge on any atom is 0.236 e. The third-order valence-electron chi connectivity index (χ3n) is 4.10. The Labute approximate surface area is 137 Å². The van der Waals surface area contributed by atoms with Gasteiger partial charge >= 0.3 is 0 Å². The summed E-state index contributed by atoms with van der Waals surface area (Å²) in [6.07, 6.45) is 2.89. The Bertz CT molecular complexity index is 834. The van der Waals surface area contributed by atoms with Gasteiger partial charge < -0.3 is 9.32 Å². The van der Waals surface area contributed by atoms with Gasteiger partial charge in [0.25, 0.3) is 0 Å². The first-order chi connectivity index (χ1) is 11.2. The number of aromatic amines is 1. The normalized spacial score (nSPS) is 14.0. The van der Waals surface area contributed by atoms with Crippen LogP contribution in [0.3, 0.4) is 0 Å². The Morgan fingerprint density at radius 3 is 3.26 bits per heavy atom. The lowest BCUT2D eigenvalue weighted by atomic mass is 10.1. The standard InChI is InChI=1S/C16H16N4O2S/c1-10-13(18-16(22-10)14-3-2-6-23-14)7-15(21)20-5-4-12-11(9-20)8-17-19-12/h2-3,6,8H,4-5,7,9H2,1H3,(H,17,19). The highest BCUT2D eigenvalue weighted by atomic mass is 32.1. The Balaban J connectivity index is 1.49. The average molecular weight is 328 g/mol. The van der Waals surface area contributed by atoms with Crippen molar-refractivity contribution in [2.45, 2.75) is 26.3 Å². The summed E-state index contributed by atoms with van der Waals surface area (Å²) in [5.74, 6) is 1.38. The van der Waals surface area contributed by atoms with Crippen molar-refractivity contribution in [2.24, 2.45) is 0 Å². The van der Waals surface area contributed by atoms with Crippen molar-refractivity contribution in [2.75, 3.05) is 6.54 Å². The molecule has 0 spiro atoms. The summed E-state index contributed by atoms with van der Waals surface area (Å²) in [5, 5.41) is 9.00. The van der Waals surface area contributed by atoms with E-state index < -0.39 is 0 Å². The van der Waals surface area contributed by atoms with E-state index in [1.165, 1.54) is 0 Å². The smallest absolute Gasteiger partial charge is 0.236 e. The van der Waals surface area contributed by atoms with Gasteiger partial charge in [0.05, 0.1) is 23.2 Å². The van der Waals surface area contributed by atoms with Gasteiger partial charge in [0, 0.05) is 30.8 Å². The first-order valence-electron chi connectivity index (χ1n) is 7.50. The minimum Gasteiger partial charge on any atom is -0.440 e. The second kappa shape index (κ2) is 5.66. The van der Waals surface area contributed by atoms with Crippen molar-refractivity contribution in [3.63, 3.8) is 0 Å². The van der Waals surface area contributed by atoms with E-state index in [2.05, 4.69) is 15.2 Å². The number of nitrogens with zero attached hydrogens (tertiary/aromatic N) is 3. The molecule has 1 aliphatic rings. The fourth-order valence-electron chi connectivity index (χ4n) is 2.79. The Hall–Kier alpha value is -2.41. The number of aromatic nitrogens is 3. The van der Waals surface area contributed by atoms with E-state index in [1.54, 1.807) is 17.5 Å². The fourth-order valence-corrected chi connectivity index (χ4v) is 3.44. The predicted molar refractivity (Wildman–Crippen MR) is 86.0 cm³/mol. The number of aryl methyl sites for hydroxylation is 1. The Kier molecular flexibility index (Phi) is 3.49. The molecule has 1 N–H and O–H groups in total. The number of carbonyl (C=O) groups is 1. The van der Waals surface area contributed by atoms with Crippen molar-refractivity contribution in [3.8, 4) is 10.8 Å². The number of amides is 1. The first kappa shape index (κ1) is 14.2. The zero-order chi connectivity index (χ0) is 15.8. The fraction of sp³-hybridized carbons (Fsp3) is 0.312. The molecule has 0 unspecified atom stereocenters. The molecule has 1 amide bonds. The number of thiophene rings is 1. The van der Waals surface area contributed by atoms with Crippen LogP contribution in [0.2, 0.25) is 0 Å². The number of rotatable bonds is 3. The predicted octanol–water partition coefficient (Wildman–Crippen LogP) is 2.56. The second-order valence-corrected chi connectivity index (χ2v) is 6.56. The quantitative estimate of drug-likeness (QED) is 0.802. The zero-order valence-corrected chi connectivity index (χ0v) is 13.5. The molecule has 4 heterocycles. The van der Waals surface area contributed by atoms with Crippen LogP contribution < -0.4 is 0 Å². The summed E-state index contributed by atoms with van der Waals surface area (Å²) in [7, 11) is 0. The molecular formula is C16H16N4O2S. The molecule has 1 aliphatic heterocycles. The van der Waals surface area contributed by atoms with Gasteiger partial charge in [-0.2, -0.15) is 5.10 Å². The van der Waals surface area contributed by atoms with Crippen LogP contribution in [0.4, 0.5) is 0 Å². The molecule has 0 fully saturated rings. The van der Waals surface area contributed by atoms with Crippen LogP contribution in [0.5, 0.6) is 0 Å². The number of hydrogen-bond donors (Lipinski definition) is 1. The monoisotopic (exact) mass is 328 g/mol. The van der Waals surface area contributed by atoms with Gasteiger partial charge in [-0.25, -0.2) is 4.98 Å². The van der Waals surface area contributed by atoms with Crippen molar-refractivity contribution in [1.29, 1.82) is 0 Å². The maximum absolute atomic E-state index is 12.6. The van der Waals surface area contributed by atoms with Crippen LogP contribution in [-0.2, 0) is 24.2 Å². The molecule has 0 atom stereocenters. The lowest BCUT2D eigenvalue weighted by molar-refractivity contribution is -0.131. The number of fused-ring (bicyclic) bond motifs is 1. The van der Waals surface area contributed by atoms with E-state index in [9.17, 15) is 4.79 Å². The largest absolute Gasteiger partial charge is 0.440 e. The lowest BCUT2D eigenvalue weighted by Gasteiger charge is -2.26. The number of oxazole rings is 1. The molecular weight excluding hydrogens is 312 g/mol. The number of H-pyrrole nitrogens is 1. The second-order valence-electron chi connectivity index (χ2n) is 5.62. The van der Waals surface area contributed by atoms with Crippen LogP contribution in [0.15, 0.2) is 28.1 Å².